The van der Waals surface area contributed by atoms with Gasteiger partial charge in [0.2, 0.25) is 0 Å². The van der Waals surface area contributed by atoms with E-state index < -0.39 is 0 Å². The lowest BCUT2D eigenvalue weighted by Gasteiger charge is -2.05. The predicted molar refractivity (Wildman–Crippen MR) is 95.6 cm³/mol. The number of aromatic nitrogens is 1. The number of carbonyl (C=O) groups is 1. The fraction of sp³-hybridized carbons (Fsp3) is 0.200. The van der Waals surface area contributed by atoms with Crippen LogP contribution in [0.2, 0.25) is 0 Å². The number of carbonyl (C=O) groups excluding carboxylic acids is 1. The van der Waals surface area contributed by atoms with Crippen LogP contribution in [0.4, 0.5) is 0 Å². The van der Waals surface area contributed by atoms with Crippen LogP contribution in [0.25, 0.3) is 11.3 Å². The van der Waals surface area contributed by atoms with E-state index in [1.807, 2.05) is 62.4 Å². The lowest BCUT2D eigenvalue weighted by Crippen LogP contribution is -2.23. The summed E-state index contributed by atoms with van der Waals surface area (Å²) in [5.41, 5.74) is 4.47. The van der Waals surface area contributed by atoms with Gasteiger partial charge in [0.15, 0.2) is 5.76 Å². The van der Waals surface area contributed by atoms with Gasteiger partial charge >= 0.3 is 0 Å². The lowest BCUT2D eigenvalue weighted by atomic mass is 10.1. The second-order valence-corrected chi connectivity index (χ2v) is 5.89. The average molecular weight is 336 g/mol. The van der Waals surface area contributed by atoms with Crippen LogP contribution in [0.1, 0.15) is 27.2 Å². The monoisotopic (exact) mass is 336 g/mol. The first-order valence-corrected chi connectivity index (χ1v) is 8.02. The maximum absolute atomic E-state index is 12.2. The first kappa shape index (κ1) is 16.8. The first-order chi connectivity index (χ1) is 12.1. The number of benzene rings is 2. The van der Waals surface area contributed by atoms with E-state index in [4.69, 9.17) is 9.26 Å². The summed E-state index contributed by atoms with van der Waals surface area (Å²) in [6.45, 7) is 4.32. The molecule has 2 aromatic carbocycles. The molecule has 1 N–H and O–H groups in total. The van der Waals surface area contributed by atoms with E-state index in [-0.39, 0.29) is 5.91 Å². The molecule has 0 aliphatic rings. The van der Waals surface area contributed by atoms with Crippen molar-refractivity contribution in [2.45, 2.75) is 20.4 Å². The Morgan fingerprint density at radius 3 is 2.52 bits per heavy atom. The Bertz CT molecular complexity index is 882. The maximum atomic E-state index is 12.2. The van der Waals surface area contributed by atoms with Crippen LogP contribution >= 0.6 is 0 Å². The summed E-state index contributed by atoms with van der Waals surface area (Å²) in [5.74, 6) is 1.30. The molecule has 0 aliphatic carbocycles. The normalized spacial score (nSPS) is 10.5. The summed E-state index contributed by atoms with van der Waals surface area (Å²) < 4.78 is 10.5. The molecule has 1 aromatic heterocycles. The molecule has 5 nitrogen and oxygen atoms in total. The van der Waals surface area contributed by atoms with Crippen LogP contribution in [-0.2, 0) is 6.54 Å². The molecular weight excluding hydrogens is 316 g/mol. The van der Waals surface area contributed by atoms with Crippen LogP contribution in [0.5, 0.6) is 5.75 Å². The highest BCUT2D eigenvalue weighted by Crippen LogP contribution is 2.23. The van der Waals surface area contributed by atoms with Crippen molar-refractivity contribution in [2.75, 3.05) is 7.11 Å². The van der Waals surface area contributed by atoms with Crippen molar-refractivity contribution < 1.29 is 14.1 Å². The van der Waals surface area contributed by atoms with Crippen molar-refractivity contribution in [1.29, 1.82) is 0 Å². The summed E-state index contributed by atoms with van der Waals surface area (Å²) in [6, 6.07) is 15.0. The molecule has 25 heavy (non-hydrogen) atoms. The fourth-order valence-corrected chi connectivity index (χ4v) is 2.44. The summed E-state index contributed by atoms with van der Waals surface area (Å²) in [5, 5.41) is 6.88. The minimum absolute atomic E-state index is 0.128. The van der Waals surface area contributed by atoms with Gasteiger partial charge in [0, 0.05) is 17.2 Å². The highest BCUT2D eigenvalue weighted by atomic mass is 16.5. The summed E-state index contributed by atoms with van der Waals surface area (Å²) in [4.78, 5) is 12.2. The summed E-state index contributed by atoms with van der Waals surface area (Å²) in [7, 11) is 1.62. The quantitative estimate of drug-likeness (QED) is 0.767. The van der Waals surface area contributed by atoms with Gasteiger partial charge in [-0.15, -0.1) is 0 Å². The van der Waals surface area contributed by atoms with Gasteiger partial charge < -0.3 is 14.6 Å². The number of amides is 1. The average Bonchev–Trinajstić information content (AvgIpc) is 3.11. The van der Waals surface area contributed by atoms with Gasteiger partial charge in [-0.3, -0.25) is 4.79 Å². The molecule has 3 aromatic rings. The number of hydrogen-bond donors (Lipinski definition) is 1. The standard InChI is InChI=1S/C20H20N2O3/c1-13-4-5-16(10-14(13)2)20(23)21-12-17-11-19(25-22-17)15-6-8-18(24-3)9-7-15/h4-11H,12H2,1-3H3,(H,21,23). The van der Waals surface area contributed by atoms with Crippen molar-refractivity contribution in [1.82, 2.24) is 10.5 Å². The van der Waals surface area contributed by atoms with E-state index in [0.717, 1.165) is 22.4 Å². The van der Waals surface area contributed by atoms with E-state index in [9.17, 15) is 4.79 Å². The molecule has 0 atom stereocenters. The predicted octanol–water partition coefficient (Wildman–Crippen LogP) is 3.90. The zero-order valence-electron chi connectivity index (χ0n) is 14.5. The van der Waals surface area contributed by atoms with Crippen LogP contribution in [-0.4, -0.2) is 18.2 Å². The highest BCUT2D eigenvalue weighted by molar-refractivity contribution is 5.94. The van der Waals surface area contributed by atoms with Gasteiger partial charge in [-0.2, -0.15) is 0 Å². The van der Waals surface area contributed by atoms with Crippen molar-refractivity contribution >= 4 is 5.91 Å². The Labute approximate surface area is 146 Å². The molecule has 3 rings (SSSR count). The molecular formula is C20H20N2O3. The highest BCUT2D eigenvalue weighted by Gasteiger charge is 2.10. The molecule has 0 unspecified atom stereocenters. The largest absolute Gasteiger partial charge is 0.497 e. The number of rotatable bonds is 5. The Kier molecular flexibility index (Phi) is 4.84. The van der Waals surface area contributed by atoms with Crippen LogP contribution in [0.15, 0.2) is 53.1 Å². The molecule has 1 heterocycles. The minimum atomic E-state index is -0.128. The van der Waals surface area contributed by atoms with Gasteiger partial charge in [0.25, 0.3) is 5.91 Å². The molecule has 0 fully saturated rings. The molecule has 0 saturated carbocycles. The molecule has 0 saturated heterocycles. The number of aryl methyl sites for hydroxylation is 2. The van der Waals surface area contributed by atoms with E-state index >= 15 is 0 Å². The molecule has 0 bridgehead atoms. The van der Waals surface area contributed by atoms with E-state index in [2.05, 4.69) is 10.5 Å². The van der Waals surface area contributed by atoms with Crippen molar-refractivity contribution in [3.8, 4) is 17.1 Å². The van der Waals surface area contributed by atoms with Crippen molar-refractivity contribution in [3.05, 3.63) is 70.9 Å². The van der Waals surface area contributed by atoms with Gasteiger partial charge in [-0.25, -0.2) is 0 Å². The molecule has 5 heteroatoms. The Morgan fingerprint density at radius 1 is 1.08 bits per heavy atom. The summed E-state index contributed by atoms with van der Waals surface area (Å²) >= 11 is 0. The number of ether oxygens (including phenoxy) is 1. The smallest absolute Gasteiger partial charge is 0.251 e. The van der Waals surface area contributed by atoms with E-state index in [1.54, 1.807) is 7.11 Å². The van der Waals surface area contributed by atoms with Gasteiger partial charge in [-0.1, -0.05) is 11.2 Å². The van der Waals surface area contributed by atoms with Gasteiger partial charge in [-0.05, 0) is 61.4 Å². The van der Waals surface area contributed by atoms with Crippen LogP contribution in [0.3, 0.4) is 0 Å². The molecule has 1 amide bonds. The molecule has 0 spiro atoms. The molecule has 128 valence electrons. The third-order valence-corrected chi connectivity index (χ3v) is 4.13. The maximum Gasteiger partial charge on any atom is 0.251 e. The third kappa shape index (κ3) is 3.88. The molecule has 0 aliphatic heterocycles. The Morgan fingerprint density at radius 2 is 1.84 bits per heavy atom. The van der Waals surface area contributed by atoms with E-state index in [0.29, 0.717) is 23.6 Å². The zero-order valence-corrected chi connectivity index (χ0v) is 14.5. The topological polar surface area (TPSA) is 64.4 Å². The fourth-order valence-electron chi connectivity index (χ4n) is 2.44. The SMILES string of the molecule is COc1ccc(-c2cc(CNC(=O)c3ccc(C)c(C)c3)no2)cc1. The minimum Gasteiger partial charge on any atom is -0.497 e. The number of nitrogens with zero attached hydrogens (tertiary/aromatic N) is 1. The van der Waals surface area contributed by atoms with E-state index in [1.165, 1.54) is 0 Å². The summed E-state index contributed by atoms with van der Waals surface area (Å²) in [6.07, 6.45) is 0. The van der Waals surface area contributed by atoms with Gasteiger partial charge in [0.05, 0.1) is 13.7 Å². The van der Waals surface area contributed by atoms with Gasteiger partial charge in [0.1, 0.15) is 11.4 Å². The Hall–Kier alpha value is -3.08. The van der Waals surface area contributed by atoms with Crippen LogP contribution in [0, 0.1) is 13.8 Å². The number of methoxy groups -OCH3 is 1. The first-order valence-electron chi connectivity index (χ1n) is 8.02. The second kappa shape index (κ2) is 7.21. The second-order valence-electron chi connectivity index (χ2n) is 5.89. The number of hydrogen-bond acceptors (Lipinski definition) is 4. The van der Waals surface area contributed by atoms with Crippen molar-refractivity contribution in [2.24, 2.45) is 0 Å². The third-order valence-electron chi connectivity index (χ3n) is 4.13. The lowest BCUT2D eigenvalue weighted by molar-refractivity contribution is 0.0950. The molecule has 0 radical (unpaired) electrons. The van der Waals surface area contributed by atoms with Crippen LogP contribution < -0.4 is 10.1 Å². The van der Waals surface area contributed by atoms with Crippen molar-refractivity contribution in [3.63, 3.8) is 0 Å². The Balaban J connectivity index is 1.64. The number of nitrogens with one attached hydrogen (secondary N) is 1. The zero-order chi connectivity index (χ0) is 17.8.